The van der Waals surface area contributed by atoms with Crippen molar-refractivity contribution in [2.24, 2.45) is 17.1 Å². The molecular weight excluding hydrogens is 228 g/mol. The highest BCUT2D eigenvalue weighted by atomic mass is 16.5. The Kier molecular flexibility index (Phi) is 3.17. The minimum atomic E-state index is -0.0848. The summed E-state index contributed by atoms with van der Waals surface area (Å²) in [6.45, 7) is 10.3. The minimum absolute atomic E-state index is 0.0848. The van der Waals surface area contributed by atoms with E-state index in [1.807, 2.05) is 0 Å². The number of fused-ring (bicyclic) bond motifs is 1. The van der Waals surface area contributed by atoms with E-state index in [1.54, 1.807) is 0 Å². The molecule has 0 spiro atoms. The van der Waals surface area contributed by atoms with E-state index in [0.717, 1.165) is 52.3 Å². The lowest BCUT2D eigenvalue weighted by atomic mass is 9.48. The molecule has 3 rings (SSSR count). The van der Waals surface area contributed by atoms with Gasteiger partial charge in [-0.1, -0.05) is 13.8 Å². The summed E-state index contributed by atoms with van der Waals surface area (Å²) in [6, 6.07) is 0. The van der Waals surface area contributed by atoms with Crippen LogP contribution in [0.2, 0.25) is 0 Å². The van der Waals surface area contributed by atoms with Crippen LogP contribution >= 0.6 is 0 Å². The Hall–Kier alpha value is -0.160. The molecule has 1 saturated carbocycles. The maximum Gasteiger partial charge on any atom is 0.0691 e. The monoisotopic (exact) mass is 254 g/mol. The Morgan fingerprint density at radius 1 is 1.22 bits per heavy atom. The van der Waals surface area contributed by atoms with E-state index >= 15 is 0 Å². The van der Waals surface area contributed by atoms with Crippen LogP contribution in [0, 0.1) is 11.3 Å². The predicted molar refractivity (Wildman–Crippen MR) is 70.4 cm³/mol. The normalized spacial score (nSPS) is 44.2. The summed E-state index contributed by atoms with van der Waals surface area (Å²) >= 11 is 0. The summed E-state index contributed by atoms with van der Waals surface area (Å²) in [4.78, 5) is 2.49. The zero-order chi connectivity index (χ0) is 12.8. The van der Waals surface area contributed by atoms with Crippen LogP contribution in [-0.2, 0) is 9.47 Å². The van der Waals surface area contributed by atoms with E-state index in [1.165, 1.54) is 0 Å². The van der Waals surface area contributed by atoms with Gasteiger partial charge in [0.25, 0.3) is 0 Å². The van der Waals surface area contributed by atoms with Gasteiger partial charge in [-0.05, 0) is 12.8 Å². The van der Waals surface area contributed by atoms with Crippen LogP contribution in [0.25, 0.3) is 0 Å². The van der Waals surface area contributed by atoms with Crippen molar-refractivity contribution in [1.82, 2.24) is 4.90 Å². The van der Waals surface area contributed by atoms with Crippen LogP contribution < -0.4 is 5.73 Å². The maximum absolute atomic E-state index is 6.79. The zero-order valence-corrected chi connectivity index (χ0v) is 11.7. The Morgan fingerprint density at radius 2 is 2.06 bits per heavy atom. The molecule has 3 fully saturated rings. The Balaban J connectivity index is 1.70. The van der Waals surface area contributed by atoms with E-state index in [9.17, 15) is 0 Å². The number of hydrogen-bond acceptors (Lipinski definition) is 4. The van der Waals surface area contributed by atoms with Crippen LogP contribution in [0.3, 0.4) is 0 Å². The van der Waals surface area contributed by atoms with E-state index in [2.05, 4.69) is 18.7 Å². The first-order valence-corrected chi connectivity index (χ1v) is 7.26. The minimum Gasteiger partial charge on any atom is -0.380 e. The van der Waals surface area contributed by atoms with E-state index < -0.39 is 0 Å². The van der Waals surface area contributed by atoms with Gasteiger partial charge in [0.1, 0.15) is 0 Å². The lowest BCUT2D eigenvalue weighted by Crippen LogP contribution is -2.78. The SMILES string of the molecule is CC1(C)C2OCCC2C1(N)CN1CCCOCC1. The van der Waals surface area contributed by atoms with Crippen molar-refractivity contribution in [2.75, 3.05) is 39.5 Å². The fourth-order valence-corrected chi connectivity index (χ4v) is 4.12. The molecule has 2 saturated heterocycles. The molecule has 3 unspecified atom stereocenters. The molecule has 0 aromatic rings. The third kappa shape index (κ3) is 1.73. The second-order valence-electron chi connectivity index (χ2n) is 6.69. The standard InChI is InChI=1S/C14H26N2O2/c1-13(2)12-11(4-8-18-12)14(13,15)10-16-5-3-7-17-9-6-16/h11-12H,3-10,15H2,1-2H3. The van der Waals surface area contributed by atoms with Crippen molar-refractivity contribution in [3.8, 4) is 0 Å². The number of nitrogens with zero attached hydrogens (tertiary/aromatic N) is 1. The molecule has 0 radical (unpaired) electrons. The molecule has 1 aliphatic carbocycles. The number of ether oxygens (including phenoxy) is 2. The highest BCUT2D eigenvalue weighted by Gasteiger charge is 2.67. The first-order chi connectivity index (χ1) is 8.56. The van der Waals surface area contributed by atoms with Crippen LogP contribution in [-0.4, -0.2) is 56.0 Å². The lowest BCUT2D eigenvalue weighted by molar-refractivity contribution is -0.163. The van der Waals surface area contributed by atoms with Gasteiger partial charge in [-0.15, -0.1) is 0 Å². The van der Waals surface area contributed by atoms with Gasteiger partial charge in [-0.25, -0.2) is 0 Å². The van der Waals surface area contributed by atoms with Gasteiger partial charge < -0.3 is 15.2 Å². The van der Waals surface area contributed by atoms with Gasteiger partial charge in [-0.2, -0.15) is 0 Å². The fourth-order valence-electron chi connectivity index (χ4n) is 4.12. The molecule has 2 N–H and O–H groups in total. The van der Waals surface area contributed by atoms with E-state index in [-0.39, 0.29) is 11.0 Å². The molecule has 2 heterocycles. The van der Waals surface area contributed by atoms with E-state index in [0.29, 0.717) is 12.0 Å². The molecule has 2 aliphatic heterocycles. The molecule has 4 heteroatoms. The van der Waals surface area contributed by atoms with Crippen LogP contribution in [0.4, 0.5) is 0 Å². The van der Waals surface area contributed by atoms with Crippen molar-refractivity contribution in [3.05, 3.63) is 0 Å². The van der Waals surface area contributed by atoms with Gasteiger partial charge in [0, 0.05) is 49.7 Å². The summed E-state index contributed by atoms with van der Waals surface area (Å²) in [5.74, 6) is 0.552. The first kappa shape index (κ1) is 12.9. The number of nitrogens with two attached hydrogens (primary N) is 1. The van der Waals surface area contributed by atoms with E-state index in [4.69, 9.17) is 15.2 Å². The summed E-state index contributed by atoms with van der Waals surface area (Å²) < 4.78 is 11.4. The second kappa shape index (κ2) is 4.44. The topological polar surface area (TPSA) is 47.7 Å². The maximum atomic E-state index is 6.79. The Bertz CT molecular complexity index is 313. The summed E-state index contributed by atoms with van der Waals surface area (Å²) in [5.41, 5.74) is 6.80. The molecule has 3 aliphatic rings. The molecule has 0 bridgehead atoms. The quantitative estimate of drug-likeness (QED) is 0.794. The molecule has 18 heavy (non-hydrogen) atoms. The van der Waals surface area contributed by atoms with Gasteiger partial charge in [0.05, 0.1) is 12.7 Å². The largest absolute Gasteiger partial charge is 0.380 e. The smallest absolute Gasteiger partial charge is 0.0691 e. The van der Waals surface area contributed by atoms with Crippen molar-refractivity contribution < 1.29 is 9.47 Å². The molecule has 0 amide bonds. The average Bonchev–Trinajstić information content (AvgIpc) is 2.68. The molecule has 0 aromatic heterocycles. The lowest BCUT2D eigenvalue weighted by Gasteiger charge is -2.63. The van der Waals surface area contributed by atoms with Crippen LogP contribution in [0.15, 0.2) is 0 Å². The number of rotatable bonds is 2. The second-order valence-corrected chi connectivity index (χ2v) is 6.69. The van der Waals surface area contributed by atoms with Crippen molar-refractivity contribution >= 4 is 0 Å². The first-order valence-electron chi connectivity index (χ1n) is 7.26. The fraction of sp³-hybridized carbons (Fsp3) is 1.00. The Labute approximate surface area is 110 Å². The predicted octanol–water partition coefficient (Wildman–Crippen LogP) is 0.851. The van der Waals surface area contributed by atoms with Crippen molar-refractivity contribution in [1.29, 1.82) is 0 Å². The highest BCUT2D eigenvalue weighted by molar-refractivity contribution is 5.21. The van der Waals surface area contributed by atoms with Crippen LogP contribution in [0.5, 0.6) is 0 Å². The molecule has 4 nitrogen and oxygen atoms in total. The Morgan fingerprint density at radius 3 is 2.89 bits per heavy atom. The molecule has 0 aromatic carbocycles. The van der Waals surface area contributed by atoms with Gasteiger partial charge in [0.2, 0.25) is 0 Å². The summed E-state index contributed by atoms with van der Waals surface area (Å²) in [5, 5.41) is 0. The highest BCUT2D eigenvalue weighted by Crippen LogP contribution is 2.58. The third-order valence-electron chi connectivity index (χ3n) is 5.46. The summed E-state index contributed by atoms with van der Waals surface area (Å²) in [7, 11) is 0. The van der Waals surface area contributed by atoms with Crippen molar-refractivity contribution in [3.63, 3.8) is 0 Å². The molecule has 104 valence electrons. The van der Waals surface area contributed by atoms with Gasteiger partial charge >= 0.3 is 0 Å². The van der Waals surface area contributed by atoms with Crippen molar-refractivity contribution in [2.45, 2.75) is 38.3 Å². The van der Waals surface area contributed by atoms with Gasteiger partial charge in [-0.3, -0.25) is 4.90 Å². The average molecular weight is 254 g/mol. The molecule has 3 atom stereocenters. The van der Waals surface area contributed by atoms with Crippen LogP contribution in [0.1, 0.15) is 26.7 Å². The zero-order valence-electron chi connectivity index (χ0n) is 11.7. The molecular formula is C14H26N2O2. The summed E-state index contributed by atoms with van der Waals surface area (Å²) in [6.07, 6.45) is 2.64. The van der Waals surface area contributed by atoms with Gasteiger partial charge in [0.15, 0.2) is 0 Å². The number of hydrogen-bond donors (Lipinski definition) is 1. The third-order valence-corrected chi connectivity index (χ3v) is 5.46.